The molecule has 3 N–H and O–H groups in total. The molecule has 150 valence electrons. The van der Waals surface area contributed by atoms with Gasteiger partial charge in [-0.3, -0.25) is 4.79 Å². The molecule has 0 radical (unpaired) electrons. The van der Waals surface area contributed by atoms with Crippen LogP contribution in [-0.4, -0.2) is 30.1 Å². The lowest BCUT2D eigenvalue weighted by Gasteiger charge is -2.26. The van der Waals surface area contributed by atoms with E-state index in [0.29, 0.717) is 42.6 Å². The summed E-state index contributed by atoms with van der Waals surface area (Å²) in [6, 6.07) is 9.54. The number of nitrogens with zero attached hydrogens (tertiary/aromatic N) is 1. The first-order valence-electron chi connectivity index (χ1n) is 9.34. The van der Waals surface area contributed by atoms with Gasteiger partial charge in [0.15, 0.2) is 0 Å². The molecule has 0 spiro atoms. The number of para-hydroxylation sites is 1. The fourth-order valence-electron chi connectivity index (χ4n) is 3.29. The second-order valence-corrected chi connectivity index (χ2v) is 7.73. The molecule has 2 amide bonds. The maximum atomic E-state index is 12.4. The quantitative estimate of drug-likeness (QED) is 0.626. The number of carbonyl (C=O) groups is 2. The second kappa shape index (κ2) is 8.00. The Hall–Kier alpha value is -3.26. The Morgan fingerprint density at radius 1 is 1.38 bits per heavy atom. The lowest BCUT2D eigenvalue weighted by molar-refractivity contribution is -0.111. The highest BCUT2D eigenvalue weighted by molar-refractivity contribution is 7.17. The monoisotopic (exact) mass is 411 g/mol. The molecule has 29 heavy (non-hydrogen) atoms. The summed E-state index contributed by atoms with van der Waals surface area (Å²) in [7, 11) is 0. The maximum absolute atomic E-state index is 12.4. The van der Waals surface area contributed by atoms with Crippen LogP contribution in [0.1, 0.15) is 23.1 Å². The molecular formula is C21H21N3O4S. The van der Waals surface area contributed by atoms with Crippen molar-refractivity contribution in [2.75, 3.05) is 24.2 Å². The molecule has 0 aliphatic carbocycles. The SMILES string of the molecule is CCOC(=O)N1CCc2c(sc(NC(=O)/C=C/c3cc4ccccc4o3)c2N)C1. The Labute approximate surface area is 171 Å². The Morgan fingerprint density at radius 3 is 3.00 bits per heavy atom. The number of ether oxygens (including phenoxy) is 1. The van der Waals surface area contributed by atoms with E-state index >= 15 is 0 Å². The number of carbonyl (C=O) groups excluding carboxylic acids is 2. The summed E-state index contributed by atoms with van der Waals surface area (Å²) in [5.74, 6) is 0.308. The third-order valence-corrected chi connectivity index (χ3v) is 5.85. The van der Waals surface area contributed by atoms with Crippen LogP contribution in [0.25, 0.3) is 17.0 Å². The molecule has 3 heterocycles. The van der Waals surface area contributed by atoms with Gasteiger partial charge in [0.2, 0.25) is 5.91 Å². The second-order valence-electron chi connectivity index (χ2n) is 6.63. The average molecular weight is 411 g/mol. The van der Waals surface area contributed by atoms with Crippen LogP contribution in [0.4, 0.5) is 15.5 Å². The molecule has 0 atom stereocenters. The molecule has 0 saturated carbocycles. The summed E-state index contributed by atoms with van der Waals surface area (Å²) in [6.45, 7) is 3.11. The van der Waals surface area contributed by atoms with Crippen molar-refractivity contribution in [3.05, 3.63) is 52.6 Å². The van der Waals surface area contributed by atoms with Gasteiger partial charge in [-0.15, -0.1) is 11.3 Å². The minimum Gasteiger partial charge on any atom is -0.457 e. The number of hydrogen-bond acceptors (Lipinski definition) is 6. The van der Waals surface area contributed by atoms with Crippen LogP contribution in [-0.2, 0) is 22.5 Å². The molecule has 2 aromatic heterocycles. The summed E-state index contributed by atoms with van der Waals surface area (Å²) in [5.41, 5.74) is 8.56. The summed E-state index contributed by atoms with van der Waals surface area (Å²) < 4.78 is 10.7. The van der Waals surface area contributed by atoms with E-state index in [4.69, 9.17) is 14.9 Å². The highest BCUT2D eigenvalue weighted by Crippen LogP contribution is 2.39. The maximum Gasteiger partial charge on any atom is 0.410 e. The zero-order valence-corrected chi connectivity index (χ0v) is 16.8. The molecule has 3 aromatic rings. The fraction of sp³-hybridized carbons (Fsp3) is 0.238. The first kappa shape index (κ1) is 19.1. The zero-order chi connectivity index (χ0) is 20.4. The van der Waals surface area contributed by atoms with Gasteiger partial charge in [-0.25, -0.2) is 4.79 Å². The number of benzene rings is 1. The number of furan rings is 1. The minimum atomic E-state index is -0.329. The number of amides is 2. The zero-order valence-electron chi connectivity index (χ0n) is 15.9. The largest absolute Gasteiger partial charge is 0.457 e. The number of nitrogen functional groups attached to an aromatic ring is 1. The van der Waals surface area contributed by atoms with Gasteiger partial charge < -0.3 is 25.1 Å². The molecule has 0 saturated heterocycles. The van der Waals surface area contributed by atoms with Gasteiger partial charge in [0.25, 0.3) is 0 Å². The minimum absolute atomic E-state index is 0.294. The number of rotatable bonds is 4. The number of fused-ring (bicyclic) bond motifs is 2. The van der Waals surface area contributed by atoms with Crippen molar-refractivity contribution in [2.45, 2.75) is 19.9 Å². The van der Waals surface area contributed by atoms with E-state index in [9.17, 15) is 9.59 Å². The average Bonchev–Trinajstić information content (AvgIpc) is 3.27. The highest BCUT2D eigenvalue weighted by atomic mass is 32.1. The van der Waals surface area contributed by atoms with Gasteiger partial charge in [-0.2, -0.15) is 0 Å². The van der Waals surface area contributed by atoms with E-state index in [2.05, 4.69) is 5.32 Å². The van der Waals surface area contributed by atoms with Gasteiger partial charge >= 0.3 is 6.09 Å². The lowest BCUT2D eigenvalue weighted by atomic mass is 10.1. The van der Waals surface area contributed by atoms with E-state index in [-0.39, 0.29) is 12.0 Å². The van der Waals surface area contributed by atoms with E-state index < -0.39 is 0 Å². The summed E-state index contributed by atoms with van der Waals surface area (Å²) in [4.78, 5) is 26.9. The van der Waals surface area contributed by atoms with Gasteiger partial charge in [0, 0.05) is 22.9 Å². The van der Waals surface area contributed by atoms with Crippen LogP contribution in [0, 0.1) is 0 Å². The van der Waals surface area contributed by atoms with Gasteiger partial charge in [0.05, 0.1) is 18.8 Å². The van der Waals surface area contributed by atoms with E-state index in [1.165, 1.54) is 17.4 Å². The molecule has 1 aliphatic heterocycles. The Bertz CT molecular complexity index is 1070. The van der Waals surface area contributed by atoms with Crippen LogP contribution in [0.2, 0.25) is 0 Å². The molecule has 1 aliphatic rings. The van der Waals surface area contributed by atoms with Crippen molar-refractivity contribution in [1.82, 2.24) is 4.90 Å². The molecule has 0 fully saturated rings. The number of nitrogens with two attached hydrogens (primary N) is 1. The van der Waals surface area contributed by atoms with Crippen molar-refractivity contribution >= 4 is 51.1 Å². The van der Waals surface area contributed by atoms with Gasteiger partial charge in [-0.1, -0.05) is 18.2 Å². The Kier molecular flexibility index (Phi) is 5.26. The van der Waals surface area contributed by atoms with Crippen LogP contribution in [0.15, 0.2) is 40.8 Å². The molecule has 4 rings (SSSR count). The number of thiophene rings is 1. The Balaban J connectivity index is 1.44. The Morgan fingerprint density at radius 2 is 2.21 bits per heavy atom. The van der Waals surface area contributed by atoms with Gasteiger partial charge in [0.1, 0.15) is 16.3 Å². The smallest absolute Gasteiger partial charge is 0.410 e. The summed E-state index contributed by atoms with van der Waals surface area (Å²) >= 11 is 1.39. The third kappa shape index (κ3) is 3.97. The summed E-state index contributed by atoms with van der Waals surface area (Å²) in [6.07, 6.45) is 3.35. The van der Waals surface area contributed by atoms with E-state index in [1.54, 1.807) is 17.9 Å². The molecule has 0 bridgehead atoms. The van der Waals surface area contributed by atoms with E-state index in [1.807, 2.05) is 30.3 Å². The normalized spacial score (nSPS) is 13.6. The molecule has 7 nitrogen and oxygen atoms in total. The standard InChI is InChI=1S/C21H21N3O4S/c1-2-27-21(26)24-10-9-15-17(12-24)29-20(19(15)22)23-18(25)8-7-14-11-13-5-3-4-6-16(13)28-14/h3-8,11H,2,9-10,12,22H2,1H3,(H,23,25)/b8-7+. The molecule has 1 aromatic carbocycles. The van der Waals surface area contributed by atoms with Crippen LogP contribution >= 0.6 is 11.3 Å². The highest BCUT2D eigenvalue weighted by Gasteiger charge is 2.26. The van der Waals surface area contributed by atoms with Crippen molar-refractivity contribution in [3.8, 4) is 0 Å². The fourth-order valence-corrected chi connectivity index (χ4v) is 4.47. The third-order valence-electron chi connectivity index (χ3n) is 4.70. The van der Waals surface area contributed by atoms with Crippen molar-refractivity contribution in [2.24, 2.45) is 0 Å². The number of anilines is 2. The predicted molar refractivity (Wildman–Crippen MR) is 114 cm³/mol. The predicted octanol–water partition coefficient (Wildman–Crippen LogP) is 4.24. The van der Waals surface area contributed by atoms with Crippen molar-refractivity contribution in [3.63, 3.8) is 0 Å². The molecule has 8 heteroatoms. The number of nitrogens with one attached hydrogen (secondary N) is 1. The topological polar surface area (TPSA) is 97.8 Å². The molecule has 0 unspecified atom stereocenters. The van der Waals surface area contributed by atoms with Crippen LogP contribution in [0.5, 0.6) is 0 Å². The first-order chi connectivity index (χ1) is 14.0. The van der Waals surface area contributed by atoms with Gasteiger partial charge in [-0.05, 0) is 37.1 Å². The first-order valence-corrected chi connectivity index (χ1v) is 10.2. The number of hydrogen-bond donors (Lipinski definition) is 2. The van der Waals surface area contributed by atoms with Crippen molar-refractivity contribution in [1.29, 1.82) is 0 Å². The summed E-state index contributed by atoms with van der Waals surface area (Å²) in [5, 5.41) is 4.41. The molecular weight excluding hydrogens is 390 g/mol. The van der Waals surface area contributed by atoms with Crippen LogP contribution in [0.3, 0.4) is 0 Å². The van der Waals surface area contributed by atoms with Crippen LogP contribution < -0.4 is 11.1 Å². The van der Waals surface area contributed by atoms with Crippen molar-refractivity contribution < 1.29 is 18.7 Å². The van der Waals surface area contributed by atoms with E-state index in [0.717, 1.165) is 21.4 Å². The lowest BCUT2D eigenvalue weighted by Crippen LogP contribution is -2.35.